The number of hydrogen-bond donors (Lipinski definition) is 2. The van der Waals surface area contributed by atoms with Gasteiger partial charge in [-0.2, -0.15) is 13.2 Å². The number of carbonyl (C=O) groups excluding carboxylic acids is 1. The first-order valence-electron chi connectivity index (χ1n) is 5.53. The number of halogens is 3. The highest BCUT2D eigenvalue weighted by molar-refractivity contribution is 5.81. The van der Waals surface area contributed by atoms with Crippen LogP contribution in [0.15, 0.2) is 0 Å². The Hall–Kier alpha value is -0.860. The second kappa shape index (κ2) is 9.12. The molecule has 0 aromatic carbocycles. The van der Waals surface area contributed by atoms with E-state index in [0.29, 0.717) is 19.4 Å². The molecule has 0 bridgehead atoms. The van der Waals surface area contributed by atoms with Gasteiger partial charge < -0.3 is 20.5 Å². The minimum absolute atomic E-state index is 0.00684. The third-order valence-corrected chi connectivity index (χ3v) is 2.01. The van der Waals surface area contributed by atoms with E-state index in [1.807, 2.05) is 0 Å². The topological polar surface area (TPSA) is 73.6 Å². The number of carbonyl (C=O) groups is 1. The highest BCUT2D eigenvalue weighted by Gasteiger charge is 2.27. The molecule has 0 spiro atoms. The molecule has 18 heavy (non-hydrogen) atoms. The Morgan fingerprint density at radius 1 is 1.39 bits per heavy atom. The normalized spacial score (nSPS) is 13.4. The summed E-state index contributed by atoms with van der Waals surface area (Å²) in [5.41, 5.74) is 5.55. The first-order chi connectivity index (χ1) is 8.37. The Balaban J connectivity index is 3.52. The zero-order valence-electron chi connectivity index (χ0n) is 10.3. The second-order valence-corrected chi connectivity index (χ2v) is 3.70. The maximum Gasteiger partial charge on any atom is 0.411 e. The molecule has 1 amide bonds. The molecule has 0 fully saturated rings. The fraction of sp³-hybridized carbons (Fsp3) is 0.900. The number of ether oxygens (including phenoxy) is 2. The van der Waals surface area contributed by atoms with E-state index < -0.39 is 24.7 Å². The van der Waals surface area contributed by atoms with E-state index in [9.17, 15) is 18.0 Å². The van der Waals surface area contributed by atoms with E-state index >= 15 is 0 Å². The summed E-state index contributed by atoms with van der Waals surface area (Å²) >= 11 is 0. The largest absolute Gasteiger partial charge is 0.411 e. The fourth-order valence-electron chi connectivity index (χ4n) is 1.14. The van der Waals surface area contributed by atoms with Crippen LogP contribution in [0.3, 0.4) is 0 Å². The van der Waals surface area contributed by atoms with Crippen LogP contribution in [-0.2, 0) is 14.3 Å². The van der Waals surface area contributed by atoms with Crippen molar-refractivity contribution in [3.63, 3.8) is 0 Å². The second-order valence-electron chi connectivity index (χ2n) is 3.70. The molecule has 0 rings (SSSR count). The van der Waals surface area contributed by atoms with Gasteiger partial charge in [0.1, 0.15) is 6.61 Å². The van der Waals surface area contributed by atoms with Gasteiger partial charge in [-0.15, -0.1) is 0 Å². The number of nitrogens with two attached hydrogens (primary N) is 1. The molecule has 0 aliphatic rings. The summed E-state index contributed by atoms with van der Waals surface area (Å²) in [5, 5.41) is 2.40. The third-order valence-electron chi connectivity index (χ3n) is 2.01. The van der Waals surface area contributed by atoms with Gasteiger partial charge in [0.05, 0.1) is 12.6 Å². The lowest BCUT2D eigenvalue weighted by atomic mass is 10.1. The van der Waals surface area contributed by atoms with E-state index in [1.165, 1.54) is 0 Å². The molecule has 108 valence electrons. The average Bonchev–Trinajstić information content (AvgIpc) is 2.27. The highest BCUT2D eigenvalue weighted by atomic mass is 19.4. The van der Waals surface area contributed by atoms with Crippen molar-refractivity contribution in [1.29, 1.82) is 0 Å². The van der Waals surface area contributed by atoms with Crippen molar-refractivity contribution in [2.75, 3.05) is 33.5 Å². The lowest BCUT2D eigenvalue weighted by Crippen LogP contribution is -2.42. The molecule has 8 heteroatoms. The number of nitrogens with one attached hydrogen (secondary N) is 1. The van der Waals surface area contributed by atoms with Crippen molar-refractivity contribution in [1.82, 2.24) is 5.32 Å². The molecular formula is C10H19F3N2O3. The van der Waals surface area contributed by atoms with Gasteiger partial charge in [0.2, 0.25) is 5.91 Å². The summed E-state index contributed by atoms with van der Waals surface area (Å²) in [6, 6.07) is -0.678. The lowest BCUT2D eigenvalue weighted by molar-refractivity contribution is -0.173. The molecule has 3 N–H and O–H groups in total. The van der Waals surface area contributed by atoms with Crippen molar-refractivity contribution in [3.8, 4) is 0 Å². The van der Waals surface area contributed by atoms with Crippen LogP contribution in [-0.4, -0.2) is 51.6 Å². The van der Waals surface area contributed by atoms with Crippen LogP contribution in [0.25, 0.3) is 0 Å². The number of amides is 1. The molecule has 0 saturated heterocycles. The summed E-state index contributed by atoms with van der Waals surface area (Å²) in [6.07, 6.45) is -3.24. The smallest absolute Gasteiger partial charge is 0.385 e. The van der Waals surface area contributed by atoms with Crippen LogP contribution in [0.2, 0.25) is 0 Å². The number of rotatable bonds is 9. The van der Waals surface area contributed by atoms with Crippen molar-refractivity contribution < 1.29 is 27.4 Å². The molecule has 1 unspecified atom stereocenters. The summed E-state index contributed by atoms with van der Waals surface area (Å²) in [7, 11) is 1.55. The zero-order valence-corrected chi connectivity index (χ0v) is 10.3. The number of alkyl halides is 3. The van der Waals surface area contributed by atoms with Crippen molar-refractivity contribution in [2.24, 2.45) is 5.73 Å². The van der Waals surface area contributed by atoms with Gasteiger partial charge in [-0.25, -0.2) is 0 Å². The standard InChI is InChI=1S/C10H19F3N2O3/c1-17-5-2-3-8(14)9(16)15-4-6-18-7-10(11,12)13/h8H,2-7,14H2,1H3,(H,15,16). The van der Waals surface area contributed by atoms with Gasteiger partial charge >= 0.3 is 6.18 Å². The van der Waals surface area contributed by atoms with E-state index in [4.69, 9.17) is 10.5 Å². The number of methoxy groups -OCH3 is 1. The highest BCUT2D eigenvalue weighted by Crippen LogP contribution is 2.13. The number of hydrogen-bond acceptors (Lipinski definition) is 4. The van der Waals surface area contributed by atoms with E-state index in [0.717, 1.165) is 0 Å². The Bertz CT molecular complexity index is 237. The van der Waals surface area contributed by atoms with Crippen LogP contribution in [0.1, 0.15) is 12.8 Å². The summed E-state index contributed by atoms with van der Waals surface area (Å²) < 4.78 is 44.2. The van der Waals surface area contributed by atoms with Gasteiger partial charge in [-0.05, 0) is 12.8 Å². The molecular weight excluding hydrogens is 253 g/mol. The van der Waals surface area contributed by atoms with Crippen LogP contribution >= 0.6 is 0 Å². The molecule has 0 aliphatic carbocycles. The maximum absolute atomic E-state index is 11.7. The van der Waals surface area contributed by atoms with E-state index in [-0.39, 0.29) is 13.2 Å². The van der Waals surface area contributed by atoms with Gasteiger partial charge in [0.25, 0.3) is 0 Å². The average molecular weight is 272 g/mol. The van der Waals surface area contributed by atoms with Crippen molar-refractivity contribution in [3.05, 3.63) is 0 Å². The molecule has 1 atom stereocenters. The zero-order chi connectivity index (χ0) is 14.0. The van der Waals surface area contributed by atoms with E-state index in [2.05, 4.69) is 10.1 Å². The quantitative estimate of drug-likeness (QED) is 0.597. The Morgan fingerprint density at radius 3 is 2.61 bits per heavy atom. The summed E-state index contributed by atoms with van der Waals surface area (Å²) in [5.74, 6) is -0.401. The summed E-state index contributed by atoms with van der Waals surface area (Å²) in [4.78, 5) is 11.3. The molecule has 0 aromatic heterocycles. The molecule has 0 heterocycles. The minimum atomic E-state index is -4.35. The van der Waals surface area contributed by atoms with Gasteiger partial charge in [0.15, 0.2) is 0 Å². The van der Waals surface area contributed by atoms with Crippen LogP contribution < -0.4 is 11.1 Å². The molecule has 5 nitrogen and oxygen atoms in total. The van der Waals surface area contributed by atoms with Crippen LogP contribution in [0.4, 0.5) is 13.2 Å². The molecule has 0 saturated carbocycles. The van der Waals surface area contributed by atoms with Gasteiger partial charge in [-0.3, -0.25) is 4.79 Å². The predicted molar refractivity (Wildman–Crippen MR) is 59.0 cm³/mol. The van der Waals surface area contributed by atoms with Crippen molar-refractivity contribution in [2.45, 2.75) is 25.1 Å². The Kier molecular flexibility index (Phi) is 8.69. The van der Waals surface area contributed by atoms with Gasteiger partial charge in [0, 0.05) is 20.3 Å². The Labute approximate surface area is 104 Å². The van der Waals surface area contributed by atoms with Crippen LogP contribution in [0.5, 0.6) is 0 Å². The lowest BCUT2D eigenvalue weighted by Gasteiger charge is -2.12. The SMILES string of the molecule is COCCCC(N)C(=O)NCCOCC(F)(F)F. The van der Waals surface area contributed by atoms with E-state index in [1.54, 1.807) is 7.11 Å². The molecule has 0 aromatic rings. The Morgan fingerprint density at radius 2 is 2.06 bits per heavy atom. The fourth-order valence-corrected chi connectivity index (χ4v) is 1.14. The predicted octanol–water partition coefficient (Wildman–Crippen LogP) is 0.435. The monoisotopic (exact) mass is 272 g/mol. The first kappa shape index (κ1) is 17.1. The first-order valence-corrected chi connectivity index (χ1v) is 5.53. The van der Waals surface area contributed by atoms with Crippen LogP contribution in [0, 0.1) is 0 Å². The third kappa shape index (κ3) is 10.3. The maximum atomic E-state index is 11.7. The minimum Gasteiger partial charge on any atom is -0.385 e. The van der Waals surface area contributed by atoms with Crippen molar-refractivity contribution >= 4 is 5.91 Å². The molecule has 0 aliphatic heterocycles. The molecule has 0 radical (unpaired) electrons. The van der Waals surface area contributed by atoms with Gasteiger partial charge in [-0.1, -0.05) is 0 Å². The summed E-state index contributed by atoms with van der Waals surface area (Å²) in [6.45, 7) is -0.999.